The summed E-state index contributed by atoms with van der Waals surface area (Å²) in [4.78, 5) is 14.9. The van der Waals surface area contributed by atoms with Crippen molar-refractivity contribution in [2.45, 2.75) is 19.8 Å². The summed E-state index contributed by atoms with van der Waals surface area (Å²) in [5, 5.41) is 15.0. The zero-order valence-electron chi connectivity index (χ0n) is 11.6. The van der Waals surface area contributed by atoms with E-state index in [1.54, 1.807) is 13.2 Å². The van der Waals surface area contributed by atoms with Crippen molar-refractivity contribution in [3.8, 4) is 5.75 Å². The second kappa shape index (κ2) is 6.78. The Morgan fingerprint density at radius 2 is 2.29 bits per heavy atom. The van der Waals surface area contributed by atoms with Crippen molar-refractivity contribution < 1.29 is 14.6 Å². The second-order valence-electron chi connectivity index (χ2n) is 4.46. The number of carboxylic acid groups (broad SMARTS) is 1. The van der Waals surface area contributed by atoms with Gasteiger partial charge in [0.25, 0.3) is 0 Å². The van der Waals surface area contributed by atoms with E-state index < -0.39 is 5.97 Å². The monoisotopic (exact) mass is 326 g/mol. The van der Waals surface area contributed by atoms with Crippen LogP contribution < -0.4 is 10.1 Å². The number of anilines is 2. The third-order valence-corrected chi connectivity index (χ3v) is 4.08. The fourth-order valence-electron chi connectivity index (χ4n) is 1.76. The molecule has 0 atom stereocenters. The van der Waals surface area contributed by atoms with E-state index in [0.29, 0.717) is 22.3 Å². The third-order valence-electron chi connectivity index (χ3n) is 2.87. The molecule has 0 aliphatic heterocycles. The molecule has 1 aromatic heterocycles. The van der Waals surface area contributed by atoms with Gasteiger partial charge in [0, 0.05) is 22.9 Å². The summed E-state index contributed by atoms with van der Waals surface area (Å²) in [5.41, 5.74) is 2.47. The van der Waals surface area contributed by atoms with Crippen LogP contribution in [0.5, 0.6) is 5.75 Å². The Labute approximate surface area is 131 Å². The quantitative estimate of drug-likeness (QED) is 0.843. The minimum atomic E-state index is -0.826. The summed E-state index contributed by atoms with van der Waals surface area (Å²) in [6.45, 7) is 1.91. The van der Waals surface area contributed by atoms with E-state index in [1.165, 1.54) is 11.3 Å². The molecule has 112 valence electrons. The highest BCUT2D eigenvalue weighted by Gasteiger charge is 2.10. The fraction of sp³-hybridized carbons (Fsp3) is 0.286. The number of carbonyl (C=O) groups is 1. The zero-order chi connectivity index (χ0) is 15.4. The Morgan fingerprint density at radius 1 is 1.52 bits per heavy atom. The van der Waals surface area contributed by atoms with Gasteiger partial charge >= 0.3 is 5.97 Å². The van der Waals surface area contributed by atoms with Crippen molar-refractivity contribution in [2.75, 3.05) is 12.4 Å². The molecular weight excluding hydrogens is 312 g/mol. The predicted octanol–water partition coefficient (Wildman–Crippen LogP) is 3.87. The van der Waals surface area contributed by atoms with Crippen LogP contribution in [0.2, 0.25) is 5.02 Å². The van der Waals surface area contributed by atoms with Crippen LogP contribution in [-0.4, -0.2) is 23.2 Å². The molecule has 0 aliphatic rings. The van der Waals surface area contributed by atoms with Gasteiger partial charge in [0.2, 0.25) is 0 Å². The molecule has 0 bridgehead atoms. The normalized spacial score (nSPS) is 10.4. The van der Waals surface area contributed by atoms with Gasteiger partial charge in [-0.3, -0.25) is 4.79 Å². The number of methoxy groups -OCH3 is 1. The van der Waals surface area contributed by atoms with Gasteiger partial charge in [0.05, 0.1) is 24.9 Å². The highest BCUT2D eigenvalue weighted by Crippen LogP contribution is 2.33. The maximum Gasteiger partial charge on any atom is 0.303 e. The number of carboxylic acids is 1. The lowest BCUT2D eigenvalue weighted by Crippen LogP contribution is -1.98. The second-order valence-corrected chi connectivity index (χ2v) is 5.73. The highest BCUT2D eigenvalue weighted by molar-refractivity contribution is 7.13. The summed E-state index contributed by atoms with van der Waals surface area (Å²) < 4.78 is 5.29. The Kier molecular flexibility index (Phi) is 5.03. The first-order valence-corrected chi connectivity index (χ1v) is 7.52. The van der Waals surface area contributed by atoms with Gasteiger partial charge in [0.1, 0.15) is 5.75 Å². The molecule has 0 amide bonds. The number of hydrogen-bond acceptors (Lipinski definition) is 5. The van der Waals surface area contributed by atoms with Crippen LogP contribution in [0.3, 0.4) is 0 Å². The van der Waals surface area contributed by atoms with Gasteiger partial charge in [-0.2, -0.15) is 0 Å². The fourth-order valence-corrected chi connectivity index (χ4v) is 2.67. The number of hydrogen-bond donors (Lipinski definition) is 2. The number of nitrogens with zero attached hydrogens (tertiary/aromatic N) is 1. The Balaban J connectivity index is 2.15. The van der Waals surface area contributed by atoms with Gasteiger partial charge in [-0.15, -0.1) is 11.3 Å². The van der Waals surface area contributed by atoms with Gasteiger partial charge in [-0.05, 0) is 18.6 Å². The molecule has 7 heteroatoms. The summed E-state index contributed by atoms with van der Waals surface area (Å²) in [6, 6.07) is 3.64. The first-order valence-electron chi connectivity index (χ1n) is 6.27. The molecule has 0 fully saturated rings. The minimum Gasteiger partial charge on any atom is -0.495 e. The molecule has 0 spiro atoms. The molecule has 2 aromatic rings. The number of ether oxygens (including phenoxy) is 1. The molecule has 21 heavy (non-hydrogen) atoms. The van der Waals surface area contributed by atoms with Crippen LogP contribution in [0.1, 0.15) is 17.7 Å². The van der Waals surface area contributed by atoms with Crippen LogP contribution in [0.4, 0.5) is 10.8 Å². The van der Waals surface area contributed by atoms with Crippen molar-refractivity contribution in [2.24, 2.45) is 0 Å². The molecule has 1 aromatic carbocycles. The number of rotatable bonds is 6. The number of nitrogens with one attached hydrogen (secondary N) is 1. The van der Waals surface area contributed by atoms with Crippen molar-refractivity contribution >= 4 is 39.7 Å². The minimum absolute atomic E-state index is 0.0759. The van der Waals surface area contributed by atoms with Crippen molar-refractivity contribution in [1.29, 1.82) is 0 Å². The van der Waals surface area contributed by atoms with Crippen LogP contribution >= 0.6 is 22.9 Å². The third kappa shape index (κ3) is 4.09. The van der Waals surface area contributed by atoms with Gasteiger partial charge in [0.15, 0.2) is 5.13 Å². The summed E-state index contributed by atoms with van der Waals surface area (Å²) in [5.74, 6) is -0.194. The van der Waals surface area contributed by atoms with E-state index >= 15 is 0 Å². The summed E-state index contributed by atoms with van der Waals surface area (Å²) in [7, 11) is 1.58. The topological polar surface area (TPSA) is 71.5 Å². The average molecular weight is 327 g/mol. The van der Waals surface area contributed by atoms with Gasteiger partial charge in [-0.25, -0.2) is 4.98 Å². The lowest BCUT2D eigenvalue weighted by atomic mass is 10.2. The number of thiazole rings is 1. The number of aryl methyl sites for hydroxylation is 2. The van der Waals surface area contributed by atoms with Gasteiger partial charge in [-0.1, -0.05) is 11.6 Å². The number of benzene rings is 1. The van der Waals surface area contributed by atoms with Crippen LogP contribution in [-0.2, 0) is 11.2 Å². The number of halogens is 1. The van der Waals surface area contributed by atoms with Crippen LogP contribution in [0.25, 0.3) is 0 Å². The number of aliphatic carboxylic acids is 1. The van der Waals surface area contributed by atoms with E-state index in [4.69, 9.17) is 21.4 Å². The number of aromatic nitrogens is 1. The Hall–Kier alpha value is -1.79. The standard InChI is InChI=1S/C14H15ClN2O3S/c1-8-5-11(12(20-2)6-10(8)15)17-14-16-9(7-21-14)3-4-13(18)19/h5-7H,3-4H2,1-2H3,(H,16,17)(H,18,19). The van der Waals surface area contributed by atoms with E-state index in [1.807, 2.05) is 18.4 Å². The lowest BCUT2D eigenvalue weighted by Gasteiger charge is -2.11. The Morgan fingerprint density at radius 3 is 2.95 bits per heavy atom. The average Bonchev–Trinajstić information content (AvgIpc) is 2.88. The summed E-state index contributed by atoms with van der Waals surface area (Å²) >= 11 is 7.49. The highest BCUT2D eigenvalue weighted by atomic mass is 35.5. The zero-order valence-corrected chi connectivity index (χ0v) is 13.2. The molecule has 0 unspecified atom stereocenters. The van der Waals surface area contributed by atoms with Crippen LogP contribution in [0.15, 0.2) is 17.5 Å². The molecule has 1 heterocycles. The lowest BCUT2D eigenvalue weighted by molar-refractivity contribution is -0.136. The van der Waals surface area contributed by atoms with Crippen molar-refractivity contribution in [3.63, 3.8) is 0 Å². The molecule has 0 saturated heterocycles. The van der Waals surface area contributed by atoms with Crippen molar-refractivity contribution in [3.05, 3.63) is 33.8 Å². The summed E-state index contributed by atoms with van der Waals surface area (Å²) in [6.07, 6.45) is 0.497. The first-order chi connectivity index (χ1) is 9.99. The Bertz CT molecular complexity index is 658. The molecule has 2 rings (SSSR count). The van der Waals surface area contributed by atoms with Crippen molar-refractivity contribution in [1.82, 2.24) is 4.98 Å². The molecule has 0 radical (unpaired) electrons. The maximum absolute atomic E-state index is 10.6. The molecule has 2 N–H and O–H groups in total. The van der Waals surface area contributed by atoms with E-state index in [9.17, 15) is 4.79 Å². The predicted molar refractivity (Wildman–Crippen MR) is 84.1 cm³/mol. The SMILES string of the molecule is COc1cc(Cl)c(C)cc1Nc1nc(CCC(=O)O)cs1. The first kappa shape index (κ1) is 15.6. The molecule has 0 saturated carbocycles. The largest absolute Gasteiger partial charge is 0.495 e. The maximum atomic E-state index is 10.6. The van der Waals surface area contributed by atoms with Crippen LogP contribution in [0, 0.1) is 6.92 Å². The van der Waals surface area contributed by atoms with E-state index in [0.717, 1.165) is 16.9 Å². The van der Waals surface area contributed by atoms with E-state index in [2.05, 4.69) is 10.3 Å². The molecular formula is C14H15ClN2O3S. The van der Waals surface area contributed by atoms with Gasteiger partial charge < -0.3 is 15.2 Å². The molecule has 0 aliphatic carbocycles. The smallest absolute Gasteiger partial charge is 0.303 e. The molecule has 5 nitrogen and oxygen atoms in total. The van der Waals surface area contributed by atoms with E-state index in [-0.39, 0.29) is 6.42 Å².